The first-order valence-electron chi connectivity index (χ1n) is 12.5. The van der Waals surface area contributed by atoms with Gasteiger partial charge in [0.05, 0.1) is 10.6 Å². The summed E-state index contributed by atoms with van der Waals surface area (Å²) in [5, 5.41) is 2.94. The van der Waals surface area contributed by atoms with E-state index in [1.807, 2.05) is 44.2 Å². The lowest BCUT2D eigenvalue weighted by Crippen LogP contribution is -2.52. The van der Waals surface area contributed by atoms with Crippen molar-refractivity contribution >= 4 is 43.5 Å². The normalized spacial score (nSPS) is 12.9. The lowest BCUT2D eigenvalue weighted by atomic mass is 10.1. The fourth-order valence-corrected chi connectivity index (χ4v) is 5.90. The van der Waals surface area contributed by atoms with Gasteiger partial charge in [0.1, 0.15) is 12.6 Å². The van der Waals surface area contributed by atoms with E-state index in [2.05, 4.69) is 21.2 Å². The summed E-state index contributed by atoms with van der Waals surface area (Å²) in [5.41, 5.74) is 1.92. The van der Waals surface area contributed by atoms with Crippen molar-refractivity contribution in [2.75, 3.05) is 10.8 Å². The molecule has 2 atom stereocenters. The molecular weight excluding hydrogens is 566 g/mol. The van der Waals surface area contributed by atoms with Gasteiger partial charge in [-0.1, -0.05) is 71.4 Å². The van der Waals surface area contributed by atoms with E-state index in [0.29, 0.717) is 11.3 Å². The number of anilines is 1. The molecule has 0 aliphatic carbocycles. The van der Waals surface area contributed by atoms with Crippen LogP contribution < -0.4 is 9.62 Å². The molecule has 0 aliphatic heterocycles. The van der Waals surface area contributed by atoms with Crippen LogP contribution >= 0.6 is 15.9 Å². The third-order valence-electron chi connectivity index (χ3n) is 6.40. The Bertz CT molecular complexity index is 1370. The molecule has 0 fully saturated rings. The third kappa shape index (κ3) is 7.23. The molecule has 202 valence electrons. The van der Waals surface area contributed by atoms with E-state index in [4.69, 9.17) is 0 Å². The SMILES string of the molecule is CC[C@@H](C)NC(=O)[C@H](C)N(Cc1cccc(Br)c1)C(=O)CN(c1ccccc1C)S(=O)(=O)c1ccccc1. The van der Waals surface area contributed by atoms with Crippen molar-refractivity contribution in [3.8, 4) is 0 Å². The predicted octanol–water partition coefficient (Wildman–Crippen LogP) is 5.28. The smallest absolute Gasteiger partial charge is 0.264 e. The average Bonchev–Trinajstić information content (AvgIpc) is 2.90. The Morgan fingerprint density at radius 2 is 1.61 bits per heavy atom. The first kappa shape index (κ1) is 29.4. The lowest BCUT2D eigenvalue weighted by Gasteiger charge is -2.33. The first-order chi connectivity index (χ1) is 18.0. The Balaban J connectivity index is 2.03. The van der Waals surface area contributed by atoms with Crippen LogP contribution in [0.5, 0.6) is 0 Å². The number of nitrogens with one attached hydrogen (secondary N) is 1. The van der Waals surface area contributed by atoms with Crippen LogP contribution in [0.25, 0.3) is 0 Å². The molecule has 0 saturated carbocycles. The van der Waals surface area contributed by atoms with Crippen LogP contribution in [0.2, 0.25) is 0 Å². The van der Waals surface area contributed by atoms with Gasteiger partial charge in [-0.25, -0.2) is 8.42 Å². The molecule has 2 amide bonds. The van der Waals surface area contributed by atoms with Crippen LogP contribution in [-0.4, -0.2) is 43.8 Å². The van der Waals surface area contributed by atoms with Gasteiger partial charge in [0.25, 0.3) is 10.0 Å². The molecule has 0 spiro atoms. The van der Waals surface area contributed by atoms with Gasteiger partial charge in [-0.3, -0.25) is 13.9 Å². The van der Waals surface area contributed by atoms with E-state index in [1.165, 1.54) is 17.0 Å². The van der Waals surface area contributed by atoms with Crippen LogP contribution in [-0.2, 0) is 26.2 Å². The molecule has 1 N–H and O–H groups in total. The molecule has 0 unspecified atom stereocenters. The summed E-state index contributed by atoms with van der Waals surface area (Å²) in [4.78, 5) is 28.5. The molecule has 0 heterocycles. The van der Waals surface area contributed by atoms with E-state index in [-0.39, 0.29) is 23.4 Å². The molecule has 0 bridgehead atoms. The maximum Gasteiger partial charge on any atom is 0.264 e. The second kappa shape index (κ2) is 13.1. The number of carbonyl (C=O) groups excluding carboxylic acids is 2. The maximum absolute atomic E-state index is 13.9. The molecule has 9 heteroatoms. The monoisotopic (exact) mass is 599 g/mol. The predicted molar refractivity (Wildman–Crippen MR) is 154 cm³/mol. The molecule has 7 nitrogen and oxygen atoms in total. The number of nitrogens with zero attached hydrogens (tertiary/aromatic N) is 2. The van der Waals surface area contributed by atoms with Crippen LogP contribution in [0.4, 0.5) is 5.69 Å². The first-order valence-corrected chi connectivity index (χ1v) is 14.8. The number of rotatable bonds is 11. The number of para-hydroxylation sites is 1. The molecule has 3 rings (SSSR count). The van der Waals surface area contributed by atoms with Gasteiger partial charge in [-0.15, -0.1) is 0 Å². The van der Waals surface area contributed by atoms with E-state index in [9.17, 15) is 18.0 Å². The van der Waals surface area contributed by atoms with Crippen molar-refractivity contribution in [1.29, 1.82) is 0 Å². The largest absolute Gasteiger partial charge is 0.352 e. The molecule has 3 aromatic rings. The number of carbonyl (C=O) groups is 2. The van der Waals surface area contributed by atoms with Gasteiger partial charge in [0.15, 0.2) is 0 Å². The molecule has 38 heavy (non-hydrogen) atoms. The number of aryl methyl sites for hydroxylation is 1. The van der Waals surface area contributed by atoms with Crippen molar-refractivity contribution < 1.29 is 18.0 Å². The lowest BCUT2D eigenvalue weighted by molar-refractivity contribution is -0.139. The molecular formula is C29H34BrN3O4S. The minimum absolute atomic E-state index is 0.0605. The van der Waals surface area contributed by atoms with Crippen molar-refractivity contribution in [3.63, 3.8) is 0 Å². The Morgan fingerprint density at radius 3 is 2.24 bits per heavy atom. The summed E-state index contributed by atoms with van der Waals surface area (Å²) in [6, 6.07) is 21.7. The molecule has 0 aromatic heterocycles. The van der Waals surface area contributed by atoms with Gasteiger partial charge in [0.2, 0.25) is 11.8 Å². The summed E-state index contributed by atoms with van der Waals surface area (Å²) in [7, 11) is -4.08. The van der Waals surface area contributed by atoms with Crippen LogP contribution in [0.15, 0.2) is 88.2 Å². The molecule has 0 radical (unpaired) electrons. The highest BCUT2D eigenvalue weighted by Gasteiger charge is 2.33. The van der Waals surface area contributed by atoms with Crippen molar-refractivity contribution in [2.24, 2.45) is 0 Å². The zero-order chi connectivity index (χ0) is 27.9. The summed E-state index contributed by atoms with van der Waals surface area (Å²) in [6.45, 7) is 7.01. The molecule has 0 saturated heterocycles. The molecule has 3 aromatic carbocycles. The average molecular weight is 601 g/mol. The van der Waals surface area contributed by atoms with Gasteiger partial charge in [0, 0.05) is 17.1 Å². The summed E-state index contributed by atoms with van der Waals surface area (Å²) in [5.74, 6) is -0.782. The van der Waals surface area contributed by atoms with Crippen molar-refractivity contribution in [3.05, 3.63) is 94.5 Å². The number of amides is 2. The fraction of sp³-hybridized carbons (Fsp3) is 0.310. The van der Waals surface area contributed by atoms with Crippen LogP contribution in [0.3, 0.4) is 0 Å². The zero-order valence-corrected chi connectivity index (χ0v) is 24.5. The van der Waals surface area contributed by atoms with Gasteiger partial charge in [-0.2, -0.15) is 0 Å². The quantitative estimate of drug-likeness (QED) is 0.324. The maximum atomic E-state index is 13.9. The zero-order valence-electron chi connectivity index (χ0n) is 22.1. The third-order valence-corrected chi connectivity index (χ3v) is 8.67. The van der Waals surface area contributed by atoms with Gasteiger partial charge >= 0.3 is 0 Å². The van der Waals surface area contributed by atoms with Gasteiger partial charge in [-0.05, 0) is 68.7 Å². The summed E-state index contributed by atoms with van der Waals surface area (Å²) in [6.07, 6.45) is 0.744. The highest BCUT2D eigenvalue weighted by molar-refractivity contribution is 9.10. The standard InChI is InChI=1S/C29H34BrN3O4S/c1-5-22(3)31-29(35)23(4)32(19-24-13-11-14-25(30)18-24)28(34)20-33(27-17-10-9-12-21(27)2)38(36,37)26-15-7-6-8-16-26/h6-18,22-23H,5,19-20H2,1-4H3,(H,31,35)/t22-,23+/m1/s1. The van der Waals surface area contributed by atoms with Gasteiger partial charge < -0.3 is 10.2 Å². The number of halogens is 1. The van der Waals surface area contributed by atoms with Crippen LogP contribution in [0.1, 0.15) is 38.3 Å². The Labute approximate surface area is 234 Å². The van der Waals surface area contributed by atoms with E-state index < -0.39 is 28.5 Å². The number of hydrogen-bond acceptors (Lipinski definition) is 4. The van der Waals surface area contributed by atoms with Crippen molar-refractivity contribution in [1.82, 2.24) is 10.2 Å². The van der Waals surface area contributed by atoms with E-state index >= 15 is 0 Å². The summed E-state index contributed by atoms with van der Waals surface area (Å²) < 4.78 is 29.6. The number of hydrogen-bond donors (Lipinski definition) is 1. The second-order valence-corrected chi connectivity index (χ2v) is 12.0. The van der Waals surface area contributed by atoms with E-state index in [1.54, 1.807) is 50.2 Å². The number of benzene rings is 3. The minimum atomic E-state index is -4.08. The Morgan fingerprint density at radius 1 is 0.947 bits per heavy atom. The minimum Gasteiger partial charge on any atom is -0.352 e. The second-order valence-electron chi connectivity index (χ2n) is 9.26. The highest BCUT2D eigenvalue weighted by atomic mass is 79.9. The number of sulfonamides is 1. The topological polar surface area (TPSA) is 86.8 Å². The Kier molecular flexibility index (Phi) is 10.1. The Hall–Kier alpha value is -3.17. The van der Waals surface area contributed by atoms with E-state index in [0.717, 1.165) is 20.8 Å². The van der Waals surface area contributed by atoms with Crippen LogP contribution in [0, 0.1) is 6.92 Å². The highest BCUT2D eigenvalue weighted by Crippen LogP contribution is 2.27. The fourth-order valence-electron chi connectivity index (χ4n) is 3.96. The summed E-state index contributed by atoms with van der Waals surface area (Å²) >= 11 is 3.46. The van der Waals surface area contributed by atoms with Crippen molar-refractivity contribution in [2.45, 2.75) is 57.6 Å². The molecule has 0 aliphatic rings.